The lowest BCUT2D eigenvalue weighted by atomic mass is 10.2. The molecule has 0 fully saturated rings. The lowest BCUT2D eigenvalue weighted by Crippen LogP contribution is -2.10. The van der Waals surface area contributed by atoms with Crippen molar-refractivity contribution < 1.29 is 18.3 Å². The zero-order valence-electron chi connectivity index (χ0n) is 9.96. The molecule has 0 aliphatic rings. The van der Waals surface area contributed by atoms with Crippen LogP contribution in [-0.2, 0) is 19.3 Å². The van der Waals surface area contributed by atoms with Gasteiger partial charge in [0.15, 0.2) is 5.69 Å². The predicted molar refractivity (Wildman–Crippen MR) is 71.4 cm³/mol. The Kier molecular flexibility index (Phi) is 4.41. The molecule has 2 rings (SSSR count). The molecule has 0 aliphatic heterocycles. The minimum absolute atomic E-state index is 0.0925. The number of hydrogen-bond acceptors (Lipinski definition) is 2. The SMILES string of the molecule is OCc1c(C(F)(F)F)nn(Cc2ccc(Br)cc2)c1Cl. The van der Waals surface area contributed by atoms with Crippen molar-refractivity contribution in [3.8, 4) is 0 Å². The predicted octanol–water partition coefficient (Wildman–Crippen LogP) is 3.86. The summed E-state index contributed by atoms with van der Waals surface area (Å²) >= 11 is 9.12. The zero-order valence-corrected chi connectivity index (χ0v) is 12.3. The van der Waals surface area contributed by atoms with Gasteiger partial charge in [0.1, 0.15) is 5.15 Å². The number of rotatable bonds is 3. The first-order chi connectivity index (χ1) is 9.32. The van der Waals surface area contributed by atoms with Crippen molar-refractivity contribution in [3.63, 3.8) is 0 Å². The van der Waals surface area contributed by atoms with Gasteiger partial charge in [0.25, 0.3) is 0 Å². The van der Waals surface area contributed by atoms with Gasteiger partial charge in [0.05, 0.1) is 13.2 Å². The van der Waals surface area contributed by atoms with Crippen LogP contribution < -0.4 is 0 Å². The van der Waals surface area contributed by atoms with Gasteiger partial charge < -0.3 is 5.11 Å². The molecule has 2 aromatic rings. The highest BCUT2D eigenvalue weighted by atomic mass is 79.9. The second kappa shape index (κ2) is 5.75. The average Bonchev–Trinajstić information content (AvgIpc) is 2.69. The van der Waals surface area contributed by atoms with Crippen LogP contribution in [0, 0.1) is 0 Å². The van der Waals surface area contributed by atoms with Gasteiger partial charge in [-0.3, -0.25) is 0 Å². The minimum atomic E-state index is -4.65. The quantitative estimate of drug-likeness (QED) is 0.892. The number of nitrogens with zero attached hydrogens (tertiary/aromatic N) is 2. The van der Waals surface area contributed by atoms with Gasteiger partial charge in [-0.05, 0) is 17.7 Å². The molecule has 8 heteroatoms. The molecule has 1 aromatic carbocycles. The van der Waals surface area contributed by atoms with E-state index >= 15 is 0 Å². The van der Waals surface area contributed by atoms with E-state index in [0.717, 1.165) is 14.7 Å². The van der Waals surface area contributed by atoms with Crippen molar-refractivity contribution >= 4 is 27.5 Å². The van der Waals surface area contributed by atoms with Crippen LogP contribution in [0.1, 0.15) is 16.8 Å². The maximum Gasteiger partial charge on any atom is 0.435 e. The van der Waals surface area contributed by atoms with Crippen LogP contribution in [-0.4, -0.2) is 14.9 Å². The first kappa shape index (κ1) is 15.3. The van der Waals surface area contributed by atoms with Crippen molar-refractivity contribution in [2.75, 3.05) is 0 Å². The Bertz CT molecular complexity index is 610. The molecule has 0 aliphatic carbocycles. The molecule has 0 spiro atoms. The second-order valence-electron chi connectivity index (χ2n) is 4.06. The number of aliphatic hydroxyl groups excluding tert-OH is 1. The third kappa shape index (κ3) is 3.16. The van der Waals surface area contributed by atoms with Crippen LogP contribution in [0.3, 0.4) is 0 Å². The molecule has 0 saturated heterocycles. The minimum Gasteiger partial charge on any atom is -0.391 e. The molecule has 0 unspecified atom stereocenters. The van der Waals surface area contributed by atoms with E-state index in [9.17, 15) is 13.2 Å². The van der Waals surface area contributed by atoms with Crippen molar-refractivity contribution in [1.29, 1.82) is 0 Å². The van der Waals surface area contributed by atoms with Gasteiger partial charge in [-0.1, -0.05) is 39.7 Å². The average molecular weight is 370 g/mol. The molecule has 108 valence electrons. The summed E-state index contributed by atoms with van der Waals surface area (Å²) in [4.78, 5) is 0. The van der Waals surface area contributed by atoms with E-state index in [0.29, 0.717) is 0 Å². The molecule has 0 radical (unpaired) electrons. The first-order valence-corrected chi connectivity index (χ1v) is 6.67. The zero-order chi connectivity index (χ0) is 14.9. The van der Waals surface area contributed by atoms with E-state index in [4.69, 9.17) is 16.7 Å². The van der Waals surface area contributed by atoms with E-state index in [-0.39, 0.29) is 11.7 Å². The molecule has 0 atom stereocenters. The summed E-state index contributed by atoms with van der Waals surface area (Å²) < 4.78 is 40.2. The molecule has 0 saturated carbocycles. The van der Waals surface area contributed by atoms with Gasteiger partial charge in [0.2, 0.25) is 0 Å². The second-order valence-corrected chi connectivity index (χ2v) is 5.33. The van der Waals surface area contributed by atoms with E-state index < -0.39 is 24.0 Å². The normalized spacial score (nSPS) is 11.9. The maximum atomic E-state index is 12.8. The van der Waals surface area contributed by atoms with E-state index in [1.165, 1.54) is 0 Å². The van der Waals surface area contributed by atoms with E-state index in [2.05, 4.69) is 21.0 Å². The number of halogens is 5. The van der Waals surface area contributed by atoms with Crippen LogP contribution in [0.25, 0.3) is 0 Å². The fourth-order valence-electron chi connectivity index (χ4n) is 1.71. The molecule has 1 N–H and O–H groups in total. The fraction of sp³-hybridized carbons (Fsp3) is 0.250. The van der Waals surface area contributed by atoms with Crippen molar-refractivity contribution in [3.05, 3.63) is 50.7 Å². The monoisotopic (exact) mass is 368 g/mol. The largest absolute Gasteiger partial charge is 0.435 e. The van der Waals surface area contributed by atoms with E-state index in [1.807, 2.05) is 0 Å². The summed E-state index contributed by atoms with van der Waals surface area (Å²) in [5.74, 6) is 0. The molecular formula is C12H9BrClF3N2O. The number of benzene rings is 1. The number of aliphatic hydroxyl groups is 1. The van der Waals surface area contributed by atoms with Gasteiger partial charge in [-0.2, -0.15) is 18.3 Å². The fourth-order valence-corrected chi connectivity index (χ4v) is 2.23. The summed E-state index contributed by atoms with van der Waals surface area (Å²) in [6, 6.07) is 7.02. The molecular weight excluding hydrogens is 360 g/mol. The summed E-state index contributed by atoms with van der Waals surface area (Å²) in [6.45, 7) is -0.719. The Morgan fingerprint density at radius 1 is 1.25 bits per heavy atom. The standard InChI is InChI=1S/C12H9BrClF3N2O/c13-8-3-1-7(2-4-8)5-19-11(14)9(6-20)10(18-19)12(15,16)17/h1-4,20H,5-6H2. The van der Waals surface area contributed by atoms with Crippen LogP contribution in [0.15, 0.2) is 28.7 Å². The van der Waals surface area contributed by atoms with Crippen molar-refractivity contribution in [1.82, 2.24) is 9.78 Å². The maximum absolute atomic E-state index is 12.8. The number of alkyl halides is 3. The third-order valence-corrected chi connectivity index (χ3v) is 3.61. The Morgan fingerprint density at radius 2 is 1.85 bits per heavy atom. The number of aromatic nitrogens is 2. The van der Waals surface area contributed by atoms with Crippen molar-refractivity contribution in [2.24, 2.45) is 0 Å². The molecule has 20 heavy (non-hydrogen) atoms. The molecule has 0 amide bonds. The first-order valence-electron chi connectivity index (χ1n) is 5.50. The topological polar surface area (TPSA) is 38.1 Å². The lowest BCUT2D eigenvalue weighted by Gasteiger charge is -2.04. The third-order valence-electron chi connectivity index (χ3n) is 2.65. The summed E-state index contributed by atoms with van der Waals surface area (Å²) in [6.07, 6.45) is -4.65. The van der Waals surface area contributed by atoms with Gasteiger partial charge in [0, 0.05) is 10.0 Å². The van der Waals surface area contributed by atoms with Crippen molar-refractivity contribution in [2.45, 2.75) is 19.3 Å². The Labute approximate surface area is 126 Å². The van der Waals surface area contributed by atoms with Crippen LogP contribution in [0.4, 0.5) is 13.2 Å². The van der Waals surface area contributed by atoms with Crippen LogP contribution in [0.2, 0.25) is 5.15 Å². The summed E-state index contributed by atoms with van der Waals surface area (Å²) in [5.41, 5.74) is -0.811. The van der Waals surface area contributed by atoms with Gasteiger partial charge in [-0.25, -0.2) is 4.68 Å². The highest BCUT2D eigenvalue weighted by Crippen LogP contribution is 2.34. The van der Waals surface area contributed by atoms with Crippen LogP contribution in [0.5, 0.6) is 0 Å². The Balaban J connectivity index is 2.38. The highest BCUT2D eigenvalue weighted by Gasteiger charge is 2.38. The number of hydrogen-bond donors (Lipinski definition) is 1. The Hall–Kier alpha value is -1.05. The summed E-state index contributed by atoms with van der Waals surface area (Å²) in [5, 5.41) is 12.3. The molecule has 3 nitrogen and oxygen atoms in total. The highest BCUT2D eigenvalue weighted by molar-refractivity contribution is 9.10. The summed E-state index contributed by atoms with van der Waals surface area (Å²) in [7, 11) is 0. The molecule has 1 aromatic heterocycles. The van der Waals surface area contributed by atoms with Crippen LogP contribution >= 0.6 is 27.5 Å². The van der Waals surface area contributed by atoms with E-state index in [1.54, 1.807) is 24.3 Å². The molecule has 0 bridgehead atoms. The molecule has 1 heterocycles. The van der Waals surface area contributed by atoms with Gasteiger partial charge >= 0.3 is 6.18 Å². The lowest BCUT2D eigenvalue weighted by molar-refractivity contribution is -0.142. The van der Waals surface area contributed by atoms with Gasteiger partial charge in [-0.15, -0.1) is 0 Å². The Morgan fingerprint density at radius 3 is 2.30 bits per heavy atom. The smallest absolute Gasteiger partial charge is 0.391 e.